The minimum atomic E-state index is 0.0770. The summed E-state index contributed by atoms with van der Waals surface area (Å²) in [6.07, 6.45) is 8.97. The van der Waals surface area contributed by atoms with Gasteiger partial charge in [0.2, 0.25) is 11.8 Å². The SMILES string of the molecule is CC(Cc1nnc(SCC(=O)NCC23CC4CC(CC(C4)C2)C3)o1)c1ccccc1. The van der Waals surface area contributed by atoms with Crippen LogP contribution in [0.25, 0.3) is 0 Å². The Hall–Kier alpha value is -1.82. The van der Waals surface area contributed by atoms with Gasteiger partial charge in [0, 0.05) is 13.0 Å². The van der Waals surface area contributed by atoms with Crippen LogP contribution < -0.4 is 5.32 Å². The van der Waals surface area contributed by atoms with E-state index in [0.717, 1.165) is 24.3 Å². The monoisotopic (exact) mass is 425 g/mol. The van der Waals surface area contributed by atoms with Crippen LogP contribution in [0.5, 0.6) is 0 Å². The molecule has 1 unspecified atom stereocenters. The number of aromatic nitrogens is 2. The Morgan fingerprint density at radius 2 is 1.80 bits per heavy atom. The van der Waals surface area contributed by atoms with Crippen molar-refractivity contribution in [3.63, 3.8) is 0 Å². The topological polar surface area (TPSA) is 68.0 Å². The van der Waals surface area contributed by atoms with E-state index in [-0.39, 0.29) is 5.91 Å². The second-order valence-electron chi connectivity index (χ2n) is 9.96. The molecule has 4 aliphatic carbocycles. The van der Waals surface area contributed by atoms with E-state index in [1.807, 2.05) is 18.2 Å². The van der Waals surface area contributed by atoms with Crippen LogP contribution in [0.4, 0.5) is 0 Å². The fourth-order valence-corrected chi connectivity index (χ4v) is 7.12. The highest BCUT2D eigenvalue weighted by Gasteiger charge is 2.50. The van der Waals surface area contributed by atoms with E-state index < -0.39 is 0 Å². The van der Waals surface area contributed by atoms with Crippen LogP contribution in [-0.2, 0) is 11.2 Å². The van der Waals surface area contributed by atoms with Crippen LogP contribution in [0, 0.1) is 23.2 Å². The first-order chi connectivity index (χ1) is 14.6. The van der Waals surface area contributed by atoms with Gasteiger partial charge in [0.1, 0.15) is 0 Å². The predicted molar refractivity (Wildman–Crippen MR) is 117 cm³/mol. The largest absolute Gasteiger partial charge is 0.416 e. The molecule has 1 heterocycles. The molecule has 5 nitrogen and oxygen atoms in total. The van der Waals surface area contributed by atoms with Crippen molar-refractivity contribution in [2.24, 2.45) is 23.2 Å². The number of carbonyl (C=O) groups excluding carboxylic acids is 1. The van der Waals surface area contributed by atoms with Gasteiger partial charge in [0.25, 0.3) is 5.22 Å². The number of amides is 1. The molecule has 2 aromatic rings. The van der Waals surface area contributed by atoms with Gasteiger partial charge in [-0.05, 0) is 73.2 Å². The molecule has 6 heteroatoms. The summed E-state index contributed by atoms with van der Waals surface area (Å²) in [5.41, 5.74) is 1.63. The molecule has 1 aromatic carbocycles. The van der Waals surface area contributed by atoms with Crippen molar-refractivity contribution in [2.75, 3.05) is 12.3 Å². The highest BCUT2D eigenvalue weighted by Crippen LogP contribution is 2.59. The van der Waals surface area contributed by atoms with Crippen molar-refractivity contribution in [1.29, 1.82) is 0 Å². The first-order valence-corrected chi connectivity index (χ1v) is 12.3. The Kier molecular flexibility index (Phi) is 5.61. The molecule has 6 rings (SSSR count). The van der Waals surface area contributed by atoms with Gasteiger partial charge in [-0.15, -0.1) is 10.2 Å². The van der Waals surface area contributed by atoms with Crippen LogP contribution in [0.15, 0.2) is 40.0 Å². The van der Waals surface area contributed by atoms with Gasteiger partial charge in [-0.2, -0.15) is 0 Å². The second-order valence-corrected chi connectivity index (χ2v) is 10.9. The molecule has 1 amide bonds. The van der Waals surface area contributed by atoms with Crippen molar-refractivity contribution in [3.05, 3.63) is 41.8 Å². The Labute approximate surface area is 182 Å². The van der Waals surface area contributed by atoms with Crippen molar-refractivity contribution in [3.8, 4) is 0 Å². The standard InChI is InChI=1S/C24H31N3O2S/c1-16(20-5-3-2-4-6-20)7-22-26-27-23(29-22)30-14-21(28)25-15-24-11-17-8-18(12-24)10-19(9-17)13-24/h2-6,16-19H,7-15H2,1H3,(H,25,28). The quantitative estimate of drug-likeness (QED) is 0.613. The summed E-state index contributed by atoms with van der Waals surface area (Å²) in [5, 5.41) is 12.0. The maximum atomic E-state index is 12.5. The van der Waals surface area contributed by atoms with Gasteiger partial charge in [-0.25, -0.2) is 0 Å². The third kappa shape index (κ3) is 4.43. The van der Waals surface area contributed by atoms with Crippen LogP contribution in [0.3, 0.4) is 0 Å². The summed E-state index contributed by atoms with van der Waals surface area (Å²) < 4.78 is 5.77. The number of rotatable bonds is 8. The molecule has 1 aromatic heterocycles. The van der Waals surface area contributed by atoms with Crippen LogP contribution in [-0.4, -0.2) is 28.4 Å². The third-order valence-corrected chi connectivity index (χ3v) is 8.27. The smallest absolute Gasteiger partial charge is 0.277 e. The maximum absolute atomic E-state index is 12.5. The zero-order chi connectivity index (χ0) is 20.6. The third-order valence-electron chi connectivity index (χ3n) is 7.45. The molecule has 4 bridgehead atoms. The first-order valence-electron chi connectivity index (χ1n) is 11.3. The molecular formula is C24H31N3O2S. The van der Waals surface area contributed by atoms with E-state index in [2.05, 4.69) is 34.6 Å². The first kappa shape index (κ1) is 20.1. The summed E-state index contributed by atoms with van der Waals surface area (Å²) in [7, 11) is 0. The summed E-state index contributed by atoms with van der Waals surface area (Å²) in [4.78, 5) is 12.5. The van der Waals surface area contributed by atoms with Crippen LogP contribution >= 0.6 is 11.8 Å². The fourth-order valence-electron chi connectivity index (χ4n) is 6.51. The number of carbonyl (C=O) groups is 1. The van der Waals surface area contributed by atoms with Gasteiger partial charge in [0.05, 0.1) is 5.75 Å². The fraction of sp³-hybridized carbons (Fsp3) is 0.625. The minimum Gasteiger partial charge on any atom is -0.416 e. The van der Waals surface area contributed by atoms with E-state index in [9.17, 15) is 4.79 Å². The van der Waals surface area contributed by atoms with Crippen molar-refractivity contribution < 1.29 is 9.21 Å². The average Bonchev–Trinajstić information content (AvgIpc) is 3.18. The second kappa shape index (κ2) is 8.37. The van der Waals surface area contributed by atoms with Crippen LogP contribution in [0.1, 0.15) is 62.8 Å². The Morgan fingerprint density at radius 1 is 1.13 bits per heavy atom. The number of nitrogens with zero attached hydrogens (tertiary/aromatic N) is 2. The molecule has 4 saturated carbocycles. The van der Waals surface area contributed by atoms with Gasteiger partial charge in [-0.3, -0.25) is 4.79 Å². The molecule has 30 heavy (non-hydrogen) atoms. The summed E-state index contributed by atoms with van der Waals surface area (Å²) in [6, 6.07) is 10.3. The molecule has 4 fully saturated rings. The van der Waals surface area contributed by atoms with E-state index in [4.69, 9.17) is 4.42 Å². The van der Waals surface area contributed by atoms with Gasteiger partial charge in [-0.1, -0.05) is 49.0 Å². The van der Waals surface area contributed by atoms with Crippen molar-refractivity contribution in [1.82, 2.24) is 15.5 Å². The van der Waals surface area contributed by atoms with E-state index in [0.29, 0.717) is 34.6 Å². The molecular weight excluding hydrogens is 394 g/mol. The van der Waals surface area contributed by atoms with Crippen LogP contribution in [0.2, 0.25) is 0 Å². The predicted octanol–water partition coefficient (Wildman–Crippen LogP) is 4.84. The lowest BCUT2D eigenvalue weighted by Crippen LogP contribution is -2.51. The zero-order valence-corrected chi connectivity index (χ0v) is 18.5. The van der Waals surface area contributed by atoms with Gasteiger partial charge < -0.3 is 9.73 Å². The minimum absolute atomic E-state index is 0.0770. The van der Waals surface area contributed by atoms with E-state index >= 15 is 0 Å². The average molecular weight is 426 g/mol. The van der Waals surface area contributed by atoms with E-state index in [1.54, 1.807) is 0 Å². The summed E-state index contributed by atoms with van der Waals surface area (Å²) >= 11 is 1.34. The highest BCUT2D eigenvalue weighted by molar-refractivity contribution is 7.99. The lowest BCUT2D eigenvalue weighted by atomic mass is 9.49. The molecule has 0 spiro atoms. The molecule has 160 valence electrons. The maximum Gasteiger partial charge on any atom is 0.277 e. The molecule has 0 saturated heterocycles. The van der Waals surface area contributed by atoms with Gasteiger partial charge in [0.15, 0.2) is 0 Å². The number of nitrogens with one attached hydrogen (secondary N) is 1. The molecule has 0 radical (unpaired) electrons. The molecule has 0 aliphatic heterocycles. The number of benzene rings is 1. The van der Waals surface area contributed by atoms with Crippen molar-refractivity contribution >= 4 is 17.7 Å². The lowest BCUT2D eigenvalue weighted by Gasteiger charge is -2.56. The zero-order valence-electron chi connectivity index (χ0n) is 17.7. The Balaban J connectivity index is 1.08. The molecule has 4 aliphatic rings. The summed E-state index contributed by atoms with van der Waals surface area (Å²) in [5.74, 6) is 4.10. The Morgan fingerprint density at radius 3 is 2.47 bits per heavy atom. The number of thioether (sulfide) groups is 1. The lowest BCUT2D eigenvalue weighted by molar-refractivity contribution is -0.120. The normalized spacial score (nSPS) is 30.4. The molecule has 1 N–H and O–H groups in total. The van der Waals surface area contributed by atoms with E-state index in [1.165, 1.54) is 55.9 Å². The number of hydrogen-bond acceptors (Lipinski definition) is 5. The van der Waals surface area contributed by atoms with Crippen molar-refractivity contribution in [2.45, 2.75) is 63.0 Å². The number of hydrogen-bond donors (Lipinski definition) is 1. The highest BCUT2D eigenvalue weighted by atomic mass is 32.2. The Bertz CT molecular complexity index is 846. The molecule has 1 atom stereocenters. The van der Waals surface area contributed by atoms with Gasteiger partial charge >= 0.3 is 0 Å². The summed E-state index contributed by atoms with van der Waals surface area (Å²) in [6.45, 7) is 3.00.